The Morgan fingerprint density at radius 3 is 1.96 bits per heavy atom. The van der Waals surface area contributed by atoms with Gasteiger partial charge < -0.3 is 9.57 Å². The van der Waals surface area contributed by atoms with Crippen LogP contribution < -0.4 is 0 Å². The monoisotopic (exact) mass is 385 g/mol. The standard InChI is InChI=1S/C21H39NO5/c1-2-3-4-5-6-7-8-9-10-11-12-13-14-15-16-18-21(23)26-19-17-20-27-22(24)25/h9-10H,2-8,11-20H2,1H3/b10-9-. The highest BCUT2D eigenvalue weighted by Gasteiger charge is 2.03. The van der Waals surface area contributed by atoms with Crippen molar-refractivity contribution >= 4 is 5.97 Å². The lowest BCUT2D eigenvalue weighted by molar-refractivity contribution is -0.757. The molecule has 0 unspecified atom stereocenters. The first-order valence-corrected chi connectivity index (χ1v) is 10.7. The number of hydrogen-bond donors (Lipinski definition) is 0. The number of esters is 1. The van der Waals surface area contributed by atoms with Crippen LogP contribution >= 0.6 is 0 Å². The summed E-state index contributed by atoms with van der Waals surface area (Å²) in [5.74, 6) is -0.228. The molecule has 0 aliphatic carbocycles. The van der Waals surface area contributed by atoms with Gasteiger partial charge in [-0.1, -0.05) is 70.4 Å². The number of rotatable bonds is 20. The third-order valence-electron chi connectivity index (χ3n) is 4.39. The van der Waals surface area contributed by atoms with Gasteiger partial charge in [0.2, 0.25) is 0 Å². The molecule has 0 heterocycles. The Balaban J connectivity index is 3.22. The first-order chi connectivity index (χ1) is 13.2. The second-order valence-electron chi connectivity index (χ2n) is 6.97. The first kappa shape index (κ1) is 25.4. The predicted molar refractivity (Wildman–Crippen MR) is 108 cm³/mol. The van der Waals surface area contributed by atoms with Crippen LogP contribution in [-0.4, -0.2) is 24.3 Å². The third-order valence-corrected chi connectivity index (χ3v) is 4.39. The van der Waals surface area contributed by atoms with Crippen molar-refractivity contribution in [1.29, 1.82) is 0 Å². The van der Waals surface area contributed by atoms with Crippen molar-refractivity contribution in [2.24, 2.45) is 0 Å². The molecular formula is C21H39NO5. The number of nitrogens with zero attached hydrogens (tertiary/aromatic N) is 1. The molecule has 0 N–H and O–H groups in total. The lowest BCUT2D eigenvalue weighted by Crippen LogP contribution is -2.09. The summed E-state index contributed by atoms with van der Waals surface area (Å²) in [4.78, 5) is 25.5. The predicted octanol–water partition coefficient (Wildman–Crippen LogP) is 6.17. The van der Waals surface area contributed by atoms with Gasteiger partial charge >= 0.3 is 5.97 Å². The SMILES string of the molecule is CCCCCCCC/C=C\CCCCCCCC(=O)OCCCO[N+](=O)[O-]. The molecule has 0 amide bonds. The Morgan fingerprint density at radius 2 is 1.37 bits per heavy atom. The number of unbranched alkanes of at least 4 members (excludes halogenated alkanes) is 11. The zero-order valence-corrected chi connectivity index (χ0v) is 17.2. The molecule has 0 saturated heterocycles. The van der Waals surface area contributed by atoms with Gasteiger partial charge in [0.25, 0.3) is 5.09 Å². The second-order valence-corrected chi connectivity index (χ2v) is 6.97. The summed E-state index contributed by atoms with van der Waals surface area (Å²) in [6, 6.07) is 0. The molecule has 6 nitrogen and oxygen atoms in total. The van der Waals surface area contributed by atoms with Crippen LogP contribution in [0.1, 0.15) is 103 Å². The second kappa shape index (κ2) is 20.7. The van der Waals surface area contributed by atoms with E-state index in [0.29, 0.717) is 12.8 Å². The van der Waals surface area contributed by atoms with Crippen LogP contribution in [0, 0.1) is 10.1 Å². The van der Waals surface area contributed by atoms with E-state index in [1.165, 1.54) is 57.8 Å². The molecule has 0 saturated carbocycles. The fourth-order valence-electron chi connectivity index (χ4n) is 2.80. The minimum absolute atomic E-state index is 0.0340. The smallest absolute Gasteiger partial charge is 0.305 e. The molecular weight excluding hydrogens is 346 g/mol. The fourth-order valence-corrected chi connectivity index (χ4v) is 2.80. The number of ether oxygens (including phenoxy) is 1. The highest BCUT2D eigenvalue weighted by Crippen LogP contribution is 2.10. The number of carbonyl (C=O) groups excluding carboxylic acids is 1. The fraction of sp³-hybridized carbons (Fsp3) is 0.857. The van der Waals surface area contributed by atoms with Crippen LogP contribution in [0.5, 0.6) is 0 Å². The maximum absolute atomic E-state index is 11.5. The Labute approximate surface area is 164 Å². The maximum atomic E-state index is 11.5. The average Bonchev–Trinajstić information content (AvgIpc) is 2.64. The maximum Gasteiger partial charge on any atom is 0.305 e. The molecule has 0 spiro atoms. The first-order valence-electron chi connectivity index (χ1n) is 10.7. The summed E-state index contributed by atoms with van der Waals surface area (Å²) in [6.45, 7) is 2.39. The number of carbonyl (C=O) groups is 1. The molecule has 27 heavy (non-hydrogen) atoms. The highest BCUT2D eigenvalue weighted by atomic mass is 16.9. The summed E-state index contributed by atoms with van der Waals surface area (Å²) in [7, 11) is 0. The topological polar surface area (TPSA) is 78.7 Å². The van der Waals surface area contributed by atoms with E-state index in [1.807, 2.05) is 0 Å². The summed E-state index contributed by atoms with van der Waals surface area (Å²) >= 11 is 0. The van der Waals surface area contributed by atoms with Crippen LogP contribution in [0.4, 0.5) is 0 Å². The minimum Gasteiger partial charge on any atom is -0.466 e. The molecule has 0 fully saturated rings. The summed E-state index contributed by atoms with van der Waals surface area (Å²) < 4.78 is 4.99. The Morgan fingerprint density at radius 1 is 0.815 bits per heavy atom. The van der Waals surface area contributed by atoms with Gasteiger partial charge in [0.1, 0.15) is 0 Å². The van der Waals surface area contributed by atoms with E-state index in [4.69, 9.17) is 4.74 Å². The summed E-state index contributed by atoms with van der Waals surface area (Å²) in [5, 5.41) is 9.10. The lowest BCUT2D eigenvalue weighted by atomic mass is 10.1. The molecule has 0 atom stereocenters. The van der Waals surface area contributed by atoms with Crippen molar-refractivity contribution in [3.63, 3.8) is 0 Å². The minimum atomic E-state index is -0.840. The van der Waals surface area contributed by atoms with Gasteiger partial charge in [-0.3, -0.25) is 4.79 Å². The van der Waals surface area contributed by atoms with Gasteiger partial charge in [0.05, 0.1) is 13.2 Å². The molecule has 158 valence electrons. The zero-order valence-electron chi connectivity index (χ0n) is 17.2. The highest BCUT2D eigenvalue weighted by molar-refractivity contribution is 5.69. The molecule has 0 bridgehead atoms. The molecule has 0 aromatic rings. The number of hydrogen-bond acceptors (Lipinski definition) is 5. The van der Waals surface area contributed by atoms with Crippen LogP contribution in [0.25, 0.3) is 0 Å². The molecule has 6 heteroatoms. The van der Waals surface area contributed by atoms with Crippen LogP contribution in [0.15, 0.2) is 12.2 Å². The van der Waals surface area contributed by atoms with Crippen LogP contribution in [-0.2, 0) is 14.4 Å². The van der Waals surface area contributed by atoms with Gasteiger partial charge in [-0.25, -0.2) is 0 Å². The van der Waals surface area contributed by atoms with Crippen LogP contribution in [0.3, 0.4) is 0 Å². The van der Waals surface area contributed by atoms with Gasteiger partial charge in [0.15, 0.2) is 0 Å². The Bertz CT molecular complexity index is 385. The molecule has 0 aromatic carbocycles. The van der Waals surface area contributed by atoms with Crippen molar-refractivity contribution in [2.75, 3.05) is 13.2 Å². The van der Waals surface area contributed by atoms with Gasteiger partial charge in [0, 0.05) is 12.8 Å². The van der Waals surface area contributed by atoms with Crippen molar-refractivity contribution in [3.8, 4) is 0 Å². The normalized spacial score (nSPS) is 11.0. The van der Waals surface area contributed by atoms with Crippen molar-refractivity contribution < 1.29 is 19.5 Å². The Hall–Kier alpha value is -1.59. The molecule has 0 radical (unpaired) electrons. The molecule has 0 rings (SSSR count). The largest absolute Gasteiger partial charge is 0.466 e. The van der Waals surface area contributed by atoms with Crippen molar-refractivity contribution in [1.82, 2.24) is 0 Å². The van der Waals surface area contributed by atoms with Crippen molar-refractivity contribution in [2.45, 2.75) is 103 Å². The number of allylic oxidation sites excluding steroid dienone is 2. The van der Waals surface area contributed by atoms with E-state index in [-0.39, 0.29) is 19.2 Å². The van der Waals surface area contributed by atoms with E-state index >= 15 is 0 Å². The quantitative estimate of drug-likeness (QED) is 0.0823. The van der Waals surface area contributed by atoms with E-state index in [0.717, 1.165) is 25.7 Å². The average molecular weight is 386 g/mol. The lowest BCUT2D eigenvalue weighted by Gasteiger charge is -2.04. The molecule has 0 aliphatic heterocycles. The third kappa shape index (κ3) is 22.4. The van der Waals surface area contributed by atoms with E-state index < -0.39 is 5.09 Å². The zero-order chi connectivity index (χ0) is 20.0. The molecule has 0 aliphatic rings. The van der Waals surface area contributed by atoms with Crippen LogP contribution in [0.2, 0.25) is 0 Å². The van der Waals surface area contributed by atoms with Gasteiger partial charge in [-0.15, -0.1) is 10.1 Å². The van der Waals surface area contributed by atoms with E-state index in [1.54, 1.807) is 0 Å². The summed E-state index contributed by atoms with van der Waals surface area (Å²) in [5.41, 5.74) is 0. The van der Waals surface area contributed by atoms with E-state index in [2.05, 4.69) is 23.9 Å². The van der Waals surface area contributed by atoms with Crippen molar-refractivity contribution in [3.05, 3.63) is 22.3 Å². The Kier molecular flexibility index (Phi) is 19.5. The molecule has 0 aromatic heterocycles. The van der Waals surface area contributed by atoms with E-state index in [9.17, 15) is 14.9 Å². The van der Waals surface area contributed by atoms with Gasteiger partial charge in [-0.05, 0) is 32.1 Å². The summed E-state index contributed by atoms with van der Waals surface area (Å²) in [6.07, 6.45) is 21.4. The van der Waals surface area contributed by atoms with Gasteiger partial charge in [-0.2, -0.15) is 0 Å².